The molecule has 0 aromatic heterocycles. The lowest BCUT2D eigenvalue weighted by Crippen LogP contribution is -2.19. The van der Waals surface area contributed by atoms with Crippen molar-refractivity contribution in [2.45, 2.75) is 26.3 Å². The largest absolute Gasteiger partial charge is 0.497 e. The molecule has 0 aliphatic heterocycles. The Morgan fingerprint density at radius 2 is 1.96 bits per heavy atom. The maximum absolute atomic E-state index is 12.5. The van der Waals surface area contributed by atoms with Crippen LogP contribution in [-0.2, 0) is 11.3 Å². The van der Waals surface area contributed by atoms with Gasteiger partial charge in [0.25, 0.3) is 0 Å². The maximum atomic E-state index is 12.5. The molecule has 4 heteroatoms. The zero-order chi connectivity index (χ0) is 16.7. The second-order valence-electron chi connectivity index (χ2n) is 5.47. The van der Waals surface area contributed by atoms with E-state index in [-0.39, 0.29) is 11.8 Å². The molecule has 0 aliphatic rings. The van der Waals surface area contributed by atoms with Gasteiger partial charge in [0.1, 0.15) is 5.75 Å². The van der Waals surface area contributed by atoms with Crippen LogP contribution < -0.4 is 15.4 Å². The molecular formula is C19H24N2O2. The Kier molecular flexibility index (Phi) is 6.18. The van der Waals surface area contributed by atoms with Crippen molar-refractivity contribution in [3.05, 3.63) is 59.7 Å². The Bertz CT molecular complexity index is 655. The third kappa shape index (κ3) is 4.83. The molecule has 23 heavy (non-hydrogen) atoms. The van der Waals surface area contributed by atoms with Crippen LogP contribution in [0.4, 0.5) is 5.69 Å². The van der Waals surface area contributed by atoms with E-state index >= 15 is 0 Å². The first-order valence-corrected chi connectivity index (χ1v) is 7.88. The van der Waals surface area contributed by atoms with Crippen LogP contribution in [-0.4, -0.2) is 19.6 Å². The van der Waals surface area contributed by atoms with Crippen molar-refractivity contribution in [3.63, 3.8) is 0 Å². The van der Waals surface area contributed by atoms with Crippen LogP contribution >= 0.6 is 0 Å². The van der Waals surface area contributed by atoms with Crippen LogP contribution in [0, 0.1) is 0 Å². The Balaban J connectivity index is 2.05. The number of hydrogen-bond donors (Lipinski definition) is 2. The molecule has 0 heterocycles. The van der Waals surface area contributed by atoms with Gasteiger partial charge in [0.2, 0.25) is 5.91 Å². The quantitative estimate of drug-likeness (QED) is 0.822. The van der Waals surface area contributed by atoms with Crippen molar-refractivity contribution in [2.24, 2.45) is 0 Å². The van der Waals surface area contributed by atoms with E-state index in [0.29, 0.717) is 0 Å². The van der Waals surface area contributed by atoms with Crippen molar-refractivity contribution < 1.29 is 9.53 Å². The maximum Gasteiger partial charge on any atom is 0.231 e. The van der Waals surface area contributed by atoms with E-state index in [1.165, 1.54) is 0 Å². The molecule has 4 nitrogen and oxygen atoms in total. The van der Waals surface area contributed by atoms with Crippen molar-refractivity contribution in [2.75, 3.05) is 19.0 Å². The molecule has 0 spiro atoms. The first-order valence-electron chi connectivity index (χ1n) is 7.88. The molecule has 2 aromatic carbocycles. The molecule has 1 atom stereocenters. The molecule has 0 aliphatic carbocycles. The number of ether oxygens (including phenoxy) is 1. The minimum absolute atomic E-state index is 0.0288. The van der Waals surface area contributed by atoms with Crippen LogP contribution in [0.15, 0.2) is 48.5 Å². The van der Waals surface area contributed by atoms with E-state index in [1.807, 2.05) is 55.5 Å². The lowest BCUT2D eigenvalue weighted by molar-refractivity contribution is -0.117. The molecule has 2 aromatic rings. The van der Waals surface area contributed by atoms with E-state index in [4.69, 9.17) is 4.74 Å². The van der Waals surface area contributed by atoms with E-state index in [2.05, 4.69) is 17.6 Å². The van der Waals surface area contributed by atoms with Gasteiger partial charge in [-0.2, -0.15) is 0 Å². The SMILES string of the molecule is CCNCc1cccc(NC(=O)C(C)c2cccc(OC)c2)c1. The smallest absolute Gasteiger partial charge is 0.231 e. The van der Waals surface area contributed by atoms with E-state index in [1.54, 1.807) is 7.11 Å². The number of anilines is 1. The summed E-state index contributed by atoms with van der Waals surface area (Å²) in [6, 6.07) is 15.5. The van der Waals surface area contributed by atoms with Crippen LogP contribution in [0.25, 0.3) is 0 Å². The summed E-state index contributed by atoms with van der Waals surface area (Å²) in [6.07, 6.45) is 0. The minimum Gasteiger partial charge on any atom is -0.497 e. The predicted octanol–water partition coefficient (Wildman–Crippen LogP) is 3.55. The highest BCUT2D eigenvalue weighted by Crippen LogP contribution is 2.22. The average Bonchev–Trinajstić information content (AvgIpc) is 2.59. The molecule has 122 valence electrons. The first-order chi connectivity index (χ1) is 11.1. The second kappa shape index (κ2) is 8.34. The summed E-state index contributed by atoms with van der Waals surface area (Å²) in [6.45, 7) is 5.68. The molecule has 1 unspecified atom stereocenters. The van der Waals surface area contributed by atoms with Gasteiger partial charge in [0.15, 0.2) is 0 Å². The Morgan fingerprint density at radius 3 is 2.70 bits per heavy atom. The summed E-state index contributed by atoms with van der Waals surface area (Å²) in [5, 5.41) is 6.27. The summed E-state index contributed by atoms with van der Waals surface area (Å²) in [5.41, 5.74) is 2.91. The van der Waals surface area contributed by atoms with Gasteiger partial charge >= 0.3 is 0 Å². The molecule has 0 saturated heterocycles. The van der Waals surface area contributed by atoms with Gasteiger partial charge in [-0.25, -0.2) is 0 Å². The highest BCUT2D eigenvalue weighted by Gasteiger charge is 2.16. The van der Waals surface area contributed by atoms with Gasteiger partial charge in [0, 0.05) is 12.2 Å². The average molecular weight is 312 g/mol. The van der Waals surface area contributed by atoms with Crippen molar-refractivity contribution >= 4 is 11.6 Å². The lowest BCUT2D eigenvalue weighted by atomic mass is 10.00. The molecule has 0 radical (unpaired) electrons. The number of methoxy groups -OCH3 is 1. The van der Waals surface area contributed by atoms with Gasteiger partial charge in [0.05, 0.1) is 13.0 Å². The fourth-order valence-electron chi connectivity index (χ4n) is 2.34. The zero-order valence-electron chi connectivity index (χ0n) is 13.9. The number of amides is 1. The van der Waals surface area contributed by atoms with E-state index < -0.39 is 0 Å². The van der Waals surface area contributed by atoms with Gasteiger partial charge in [-0.1, -0.05) is 31.2 Å². The Hall–Kier alpha value is -2.33. The number of benzene rings is 2. The minimum atomic E-state index is -0.248. The molecular weight excluding hydrogens is 288 g/mol. The summed E-state index contributed by atoms with van der Waals surface area (Å²) < 4.78 is 5.22. The molecule has 2 rings (SSSR count). The van der Waals surface area contributed by atoms with Crippen LogP contribution in [0.1, 0.15) is 30.9 Å². The van der Waals surface area contributed by atoms with Gasteiger partial charge in [-0.15, -0.1) is 0 Å². The molecule has 0 saturated carbocycles. The van der Waals surface area contributed by atoms with Crippen molar-refractivity contribution in [3.8, 4) is 5.75 Å². The van der Waals surface area contributed by atoms with Crippen LogP contribution in [0.3, 0.4) is 0 Å². The number of hydrogen-bond acceptors (Lipinski definition) is 3. The number of nitrogens with one attached hydrogen (secondary N) is 2. The zero-order valence-corrected chi connectivity index (χ0v) is 13.9. The third-order valence-electron chi connectivity index (χ3n) is 3.76. The third-order valence-corrected chi connectivity index (χ3v) is 3.76. The number of carbonyl (C=O) groups is 1. The summed E-state index contributed by atoms with van der Waals surface area (Å²) in [7, 11) is 1.62. The summed E-state index contributed by atoms with van der Waals surface area (Å²) in [4.78, 5) is 12.5. The second-order valence-corrected chi connectivity index (χ2v) is 5.47. The van der Waals surface area contributed by atoms with Crippen LogP contribution in [0.5, 0.6) is 5.75 Å². The highest BCUT2D eigenvalue weighted by atomic mass is 16.5. The Labute approximate surface area is 137 Å². The summed E-state index contributed by atoms with van der Waals surface area (Å²) in [5.74, 6) is 0.483. The fourth-order valence-corrected chi connectivity index (χ4v) is 2.34. The summed E-state index contributed by atoms with van der Waals surface area (Å²) >= 11 is 0. The molecule has 2 N–H and O–H groups in total. The molecule has 0 fully saturated rings. The normalized spacial score (nSPS) is 11.8. The lowest BCUT2D eigenvalue weighted by Gasteiger charge is -2.14. The van der Waals surface area contributed by atoms with Gasteiger partial charge in [-0.05, 0) is 48.9 Å². The monoisotopic (exact) mass is 312 g/mol. The molecule has 0 bridgehead atoms. The van der Waals surface area contributed by atoms with Crippen molar-refractivity contribution in [1.82, 2.24) is 5.32 Å². The van der Waals surface area contributed by atoms with Gasteiger partial charge < -0.3 is 15.4 Å². The van der Waals surface area contributed by atoms with E-state index in [9.17, 15) is 4.79 Å². The topological polar surface area (TPSA) is 50.4 Å². The Morgan fingerprint density at radius 1 is 1.17 bits per heavy atom. The van der Waals surface area contributed by atoms with Gasteiger partial charge in [-0.3, -0.25) is 4.79 Å². The van der Waals surface area contributed by atoms with Crippen LogP contribution in [0.2, 0.25) is 0 Å². The van der Waals surface area contributed by atoms with Crippen molar-refractivity contribution in [1.29, 1.82) is 0 Å². The first kappa shape index (κ1) is 17.0. The van der Waals surface area contributed by atoms with E-state index in [0.717, 1.165) is 35.7 Å². The standard InChI is InChI=1S/C19H24N2O2/c1-4-20-13-15-7-5-9-17(11-15)21-19(22)14(2)16-8-6-10-18(12-16)23-3/h5-12,14,20H,4,13H2,1-3H3,(H,21,22). The number of rotatable bonds is 7. The molecule has 1 amide bonds. The number of carbonyl (C=O) groups excluding carboxylic acids is 1. The highest BCUT2D eigenvalue weighted by molar-refractivity contribution is 5.95. The fraction of sp³-hybridized carbons (Fsp3) is 0.316. The predicted molar refractivity (Wildman–Crippen MR) is 93.9 cm³/mol.